The number of pyridine rings is 1. The van der Waals surface area contributed by atoms with E-state index in [0.29, 0.717) is 0 Å². The molecule has 1 aromatic carbocycles. The van der Waals surface area contributed by atoms with Crippen molar-refractivity contribution in [2.75, 3.05) is 17.7 Å². The Morgan fingerprint density at radius 1 is 1.33 bits per heavy atom. The molecule has 3 N–H and O–H groups in total. The Balaban J connectivity index is 2.05. The molecule has 2 aromatic rings. The summed E-state index contributed by atoms with van der Waals surface area (Å²) in [6.07, 6.45) is 5.68. The van der Waals surface area contributed by atoms with E-state index in [1.54, 1.807) is 6.20 Å². The number of hydrogen-bond acceptors (Lipinski definition) is 4. The Labute approximate surface area is 133 Å². The van der Waals surface area contributed by atoms with Crippen LogP contribution >= 0.6 is 15.9 Å². The molecule has 1 heterocycles. The lowest BCUT2D eigenvalue weighted by Gasteiger charge is -2.37. The second-order valence-corrected chi connectivity index (χ2v) is 6.67. The molecule has 112 valence electrons. The van der Waals surface area contributed by atoms with Crippen molar-refractivity contribution >= 4 is 38.2 Å². The lowest BCUT2D eigenvalue weighted by atomic mass is 9.91. The van der Waals surface area contributed by atoms with E-state index in [1.807, 2.05) is 25.2 Å². The number of anilines is 2. The fourth-order valence-electron chi connectivity index (χ4n) is 3.21. The first-order valence-corrected chi connectivity index (χ1v) is 8.12. The van der Waals surface area contributed by atoms with Crippen molar-refractivity contribution < 1.29 is 5.11 Å². The molecular weight excluding hydrogens is 330 g/mol. The Hall–Kier alpha value is -1.33. The minimum atomic E-state index is -0.271. The molecule has 4 nitrogen and oxygen atoms in total. The van der Waals surface area contributed by atoms with Gasteiger partial charge in [-0.25, -0.2) is 0 Å². The minimum absolute atomic E-state index is 0.149. The molecule has 1 fully saturated rings. The number of nitrogens with two attached hydrogens (primary N) is 1. The van der Waals surface area contributed by atoms with Crippen LogP contribution in [0.25, 0.3) is 10.9 Å². The SMILES string of the molecule is CN(c1ccc(N)c2cc(Br)cnc12)C1CCCCC1O. The van der Waals surface area contributed by atoms with Gasteiger partial charge in [0, 0.05) is 28.8 Å². The molecule has 1 aliphatic carbocycles. The maximum absolute atomic E-state index is 10.3. The van der Waals surface area contributed by atoms with Crippen LogP contribution in [0, 0.1) is 0 Å². The number of rotatable bonds is 2. The molecule has 1 aromatic heterocycles. The zero-order valence-electron chi connectivity index (χ0n) is 12.1. The average molecular weight is 350 g/mol. The minimum Gasteiger partial charge on any atom is -0.398 e. The lowest BCUT2D eigenvalue weighted by Crippen LogP contribution is -2.43. The molecule has 1 aliphatic rings. The van der Waals surface area contributed by atoms with Gasteiger partial charge in [0.1, 0.15) is 0 Å². The first-order chi connectivity index (χ1) is 10.1. The van der Waals surface area contributed by atoms with Crippen LogP contribution < -0.4 is 10.6 Å². The first-order valence-electron chi connectivity index (χ1n) is 7.32. The molecule has 2 atom stereocenters. The number of aliphatic hydroxyl groups is 1. The van der Waals surface area contributed by atoms with Crippen LogP contribution in [0.15, 0.2) is 28.9 Å². The average Bonchev–Trinajstić information content (AvgIpc) is 2.48. The van der Waals surface area contributed by atoms with Crippen molar-refractivity contribution in [2.24, 2.45) is 0 Å². The highest BCUT2D eigenvalue weighted by Crippen LogP contribution is 2.34. The Kier molecular flexibility index (Phi) is 4.04. The summed E-state index contributed by atoms with van der Waals surface area (Å²) in [7, 11) is 2.04. The largest absolute Gasteiger partial charge is 0.398 e. The van der Waals surface area contributed by atoms with Crippen LogP contribution in [-0.2, 0) is 0 Å². The molecule has 0 spiro atoms. The van der Waals surface area contributed by atoms with Gasteiger partial charge in [0.05, 0.1) is 23.3 Å². The summed E-state index contributed by atoms with van der Waals surface area (Å²) in [6.45, 7) is 0. The van der Waals surface area contributed by atoms with E-state index < -0.39 is 0 Å². The van der Waals surface area contributed by atoms with Gasteiger partial charge in [-0.1, -0.05) is 12.8 Å². The zero-order chi connectivity index (χ0) is 15.0. The van der Waals surface area contributed by atoms with E-state index in [0.717, 1.165) is 52.4 Å². The molecule has 21 heavy (non-hydrogen) atoms. The van der Waals surface area contributed by atoms with Gasteiger partial charge in [0.15, 0.2) is 0 Å². The number of nitrogens with zero attached hydrogens (tertiary/aromatic N) is 2. The molecule has 0 amide bonds. The molecule has 0 aliphatic heterocycles. The normalized spacial score (nSPS) is 22.4. The van der Waals surface area contributed by atoms with Crippen molar-refractivity contribution in [3.8, 4) is 0 Å². The van der Waals surface area contributed by atoms with Gasteiger partial charge >= 0.3 is 0 Å². The highest BCUT2D eigenvalue weighted by atomic mass is 79.9. The van der Waals surface area contributed by atoms with Crippen molar-refractivity contribution in [3.63, 3.8) is 0 Å². The monoisotopic (exact) mass is 349 g/mol. The van der Waals surface area contributed by atoms with Crippen LogP contribution in [0.5, 0.6) is 0 Å². The summed E-state index contributed by atoms with van der Waals surface area (Å²) in [5, 5.41) is 11.2. The lowest BCUT2D eigenvalue weighted by molar-refractivity contribution is 0.106. The van der Waals surface area contributed by atoms with Gasteiger partial charge in [-0.2, -0.15) is 0 Å². The van der Waals surface area contributed by atoms with E-state index in [-0.39, 0.29) is 12.1 Å². The summed E-state index contributed by atoms with van der Waals surface area (Å²) in [6, 6.07) is 6.06. The van der Waals surface area contributed by atoms with Crippen molar-refractivity contribution in [1.82, 2.24) is 4.98 Å². The van der Waals surface area contributed by atoms with Gasteiger partial charge in [0.25, 0.3) is 0 Å². The molecule has 1 saturated carbocycles. The second kappa shape index (κ2) is 5.81. The molecular formula is C16H20BrN3O. The maximum atomic E-state index is 10.3. The van der Waals surface area contributed by atoms with Crippen molar-refractivity contribution in [3.05, 3.63) is 28.9 Å². The Morgan fingerprint density at radius 3 is 2.86 bits per heavy atom. The van der Waals surface area contributed by atoms with Gasteiger partial charge in [-0.15, -0.1) is 0 Å². The van der Waals surface area contributed by atoms with Crippen molar-refractivity contribution in [2.45, 2.75) is 37.8 Å². The Bertz CT molecular complexity index is 661. The van der Waals surface area contributed by atoms with E-state index in [1.165, 1.54) is 0 Å². The summed E-state index contributed by atoms with van der Waals surface area (Å²) in [5.74, 6) is 0. The number of nitrogen functional groups attached to an aromatic ring is 1. The molecule has 0 saturated heterocycles. The van der Waals surface area contributed by atoms with Gasteiger partial charge < -0.3 is 15.7 Å². The van der Waals surface area contributed by atoms with E-state index in [9.17, 15) is 5.11 Å². The molecule has 5 heteroatoms. The predicted molar refractivity (Wildman–Crippen MR) is 90.5 cm³/mol. The van der Waals surface area contributed by atoms with Crippen LogP contribution in [0.1, 0.15) is 25.7 Å². The fourth-order valence-corrected chi connectivity index (χ4v) is 3.54. The number of aromatic nitrogens is 1. The third kappa shape index (κ3) is 2.72. The third-order valence-corrected chi connectivity index (χ3v) is 4.83. The number of fused-ring (bicyclic) bond motifs is 1. The van der Waals surface area contributed by atoms with E-state index in [2.05, 4.69) is 25.8 Å². The highest BCUT2D eigenvalue weighted by Gasteiger charge is 2.27. The smallest absolute Gasteiger partial charge is 0.0956 e. The predicted octanol–water partition coefficient (Wildman–Crippen LogP) is 3.32. The topological polar surface area (TPSA) is 62.4 Å². The highest BCUT2D eigenvalue weighted by molar-refractivity contribution is 9.10. The quantitative estimate of drug-likeness (QED) is 0.816. The summed E-state index contributed by atoms with van der Waals surface area (Å²) in [5.41, 5.74) is 8.71. The van der Waals surface area contributed by atoms with Gasteiger partial charge in [-0.05, 0) is 47.0 Å². The van der Waals surface area contributed by atoms with Crippen molar-refractivity contribution in [1.29, 1.82) is 0 Å². The summed E-state index contributed by atoms with van der Waals surface area (Å²) < 4.78 is 0.916. The Morgan fingerprint density at radius 2 is 2.10 bits per heavy atom. The molecule has 3 rings (SSSR count). The van der Waals surface area contributed by atoms with Gasteiger partial charge in [0.2, 0.25) is 0 Å². The number of likely N-dealkylation sites (N-methyl/N-ethyl adjacent to an activating group) is 1. The molecule has 0 bridgehead atoms. The number of aliphatic hydroxyl groups excluding tert-OH is 1. The standard InChI is InChI=1S/C16H20BrN3O/c1-20(13-4-2-3-5-15(13)21)14-7-6-12(18)11-8-10(17)9-19-16(11)14/h6-9,13,15,21H,2-5,18H2,1H3. The van der Waals surface area contributed by atoms with E-state index >= 15 is 0 Å². The molecule has 0 radical (unpaired) electrons. The second-order valence-electron chi connectivity index (χ2n) is 5.75. The van der Waals surface area contributed by atoms with Crippen LogP contribution in [-0.4, -0.2) is 29.3 Å². The van der Waals surface area contributed by atoms with Crippen LogP contribution in [0.4, 0.5) is 11.4 Å². The third-order valence-electron chi connectivity index (χ3n) is 4.40. The number of halogens is 1. The summed E-state index contributed by atoms with van der Waals surface area (Å²) in [4.78, 5) is 6.69. The van der Waals surface area contributed by atoms with Crippen LogP contribution in [0.2, 0.25) is 0 Å². The van der Waals surface area contributed by atoms with Crippen LogP contribution in [0.3, 0.4) is 0 Å². The number of benzene rings is 1. The van der Waals surface area contributed by atoms with Gasteiger partial charge in [-0.3, -0.25) is 4.98 Å². The summed E-state index contributed by atoms with van der Waals surface area (Å²) >= 11 is 3.44. The maximum Gasteiger partial charge on any atom is 0.0956 e. The molecule has 2 unspecified atom stereocenters. The zero-order valence-corrected chi connectivity index (χ0v) is 13.7. The fraction of sp³-hybridized carbons (Fsp3) is 0.438. The number of hydrogen-bond donors (Lipinski definition) is 2. The first kappa shape index (κ1) is 14.6. The van der Waals surface area contributed by atoms with E-state index in [4.69, 9.17) is 5.73 Å².